The largest absolute Gasteiger partial charge is 0.573 e. The molecule has 8 heteroatoms. The van der Waals surface area contributed by atoms with E-state index in [0.717, 1.165) is 24.8 Å². The van der Waals surface area contributed by atoms with Crippen LogP contribution in [0.1, 0.15) is 31.1 Å². The summed E-state index contributed by atoms with van der Waals surface area (Å²) >= 11 is 0. The molecule has 2 heterocycles. The number of hydrogen-bond donors (Lipinski definition) is 1. The van der Waals surface area contributed by atoms with Gasteiger partial charge in [-0.25, -0.2) is 4.39 Å². The summed E-state index contributed by atoms with van der Waals surface area (Å²) < 4.78 is 54.5. The van der Waals surface area contributed by atoms with Crippen LogP contribution < -0.4 is 10.1 Å². The Balaban J connectivity index is 1.95. The molecule has 0 amide bonds. The second-order valence-electron chi connectivity index (χ2n) is 6.78. The third kappa shape index (κ3) is 4.95. The van der Waals surface area contributed by atoms with Crippen molar-refractivity contribution in [1.82, 2.24) is 15.2 Å². The molecule has 1 aliphatic heterocycles. The van der Waals surface area contributed by atoms with Crippen molar-refractivity contribution in [3.63, 3.8) is 0 Å². The molecular formula is C19H21F4N3O. The Morgan fingerprint density at radius 1 is 1.15 bits per heavy atom. The molecule has 3 rings (SSSR count). The number of halogens is 4. The molecule has 0 saturated carbocycles. The van der Waals surface area contributed by atoms with Crippen molar-refractivity contribution in [2.75, 3.05) is 13.1 Å². The Labute approximate surface area is 155 Å². The number of aromatic nitrogens is 1. The van der Waals surface area contributed by atoms with Crippen LogP contribution in [0.4, 0.5) is 17.6 Å². The zero-order chi connectivity index (χ0) is 19.6. The second-order valence-corrected chi connectivity index (χ2v) is 6.78. The molecule has 2 aromatic rings. The summed E-state index contributed by atoms with van der Waals surface area (Å²) in [6, 6.07) is 9.00. The fraction of sp³-hybridized carbons (Fsp3) is 0.421. The molecule has 4 nitrogen and oxygen atoms in total. The monoisotopic (exact) mass is 383 g/mol. The van der Waals surface area contributed by atoms with Gasteiger partial charge in [-0.05, 0) is 43.7 Å². The highest BCUT2D eigenvalue weighted by Gasteiger charge is 2.33. The maximum atomic E-state index is 13.4. The van der Waals surface area contributed by atoms with Gasteiger partial charge >= 0.3 is 6.36 Å². The van der Waals surface area contributed by atoms with Crippen LogP contribution in [0.15, 0.2) is 42.6 Å². The van der Waals surface area contributed by atoms with E-state index in [1.165, 1.54) is 24.3 Å². The summed E-state index contributed by atoms with van der Waals surface area (Å²) in [6.45, 7) is 5.63. The van der Waals surface area contributed by atoms with Gasteiger partial charge in [0.1, 0.15) is 11.6 Å². The summed E-state index contributed by atoms with van der Waals surface area (Å²) in [4.78, 5) is 6.44. The van der Waals surface area contributed by atoms with Crippen LogP contribution in [-0.4, -0.2) is 41.4 Å². The van der Waals surface area contributed by atoms with Crippen molar-refractivity contribution in [2.45, 2.75) is 38.3 Å². The van der Waals surface area contributed by atoms with Gasteiger partial charge in [0, 0.05) is 25.2 Å². The van der Waals surface area contributed by atoms with Gasteiger partial charge in [0.05, 0.1) is 17.9 Å². The van der Waals surface area contributed by atoms with Crippen LogP contribution in [0, 0.1) is 5.82 Å². The maximum Gasteiger partial charge on any atom is 0.573 e. The predicted octanol–water partition coefficient (Wildman–Crippen LogP) is 3.89. The highest BCUT2D eigenvalue weighted by atomic mass is 19.4. The SMILES string of the molecule is C[C@@H]1CN[C@@H](C)CN1C(c1ccc(F)cc1)c1ccc(OC(F)(F)F)cn1. The minimum atomic E-state index is -4.76. The van der Waals surface area contributed by atoms with Gasteiger partial charge < -0.3 is 10.1 Å². The molecule has 0 bridgehead atoms. The number of piperazine rings is 1. The molecule has 1 fully saturated rings. The smallest absolute Gasteiger partial charge is 0.404 e. The summed E-state index contributed by atoms with van der Waals surface area (Å²) in [5.74, 6) is -0.716. The van der Waals surface area contributed by atoms with Crippen molar-refractivity contribution >= 4 is 0 Å². The summed E-state index contributed by atoms with van der Waals surface area (Å²) in [6.07, 6.45) is -3.70. The Hall–Kier alpha value is -2.19. The van der Waals surface area contributed by atoms with Gasteiger partial charge in [0.2, 0.25) is 0 Å². The van der Waals surface area contributed by atoms with Crippen LogP contribution in [0.5, 0.6) is 5.75 Å². The third-order valence-corrected chi connectivity index (χ3v) is 4.60. The van der Waals surface area contributed by atoms with Gasteiger partial charge in [-0.1, -0.05) is 12.1 Å². The molecule has 27 heavy (non-hydrogen) atoms. The molecule has 0 aliphatic carbocycles. The second kappa shape index (κ2) is 7.82. The quantitative estimate of drug-likeness (QED) is 0.813. The van der Waals surface area contributed by atoms with E-state index in [1.54, 1.807) is 12.1 Å². The Kier molecular flexibility index (Phi) is 5.67. The van der Waals surface area contributed by atoms with Crippen LogP contribution in [0.3, 0.4) is 0 Å². The summed E-state index contributed by atoms with van der Waals surface area (Å²) in [5.41, 5.74) is 1.41. The van der Waals surface area contributed by atoms with Crippen LogP contribution in [0.25, 0.3) is 0 Å². The van der Waals surface area contributed by atoms with Crippen molar-refractivity contribution in [3.05, 3.63) is 59.7 Å². The Morgan fingerprint density at radius 2 is 1.85 bits per heavy atom. The average molecular weight is 383 g/mol. The van der Waals surface area contributed by atoms with E-state index in [1.807, 2.05) is 0 Å². The van der Waals surface area contributed by atoms with Gasteiger partial charge in [0.15, 0.2) is 0 Å². The normalized spacial score (nSPS) is 22.4. The first-order chi connectivity index (χ1) is 12.7. The first-order valence-electron chi connectivity index (χ1n) is 8.69. The van der Waals surface area contributed by atoms with Crippen LogP contribution >= 0.6 is 0 Å². The van der Waals surface area contributed by atoms with E-state index >= 15 is 0 Å². The number of rotatable bonds is 4. The van der Waals surface area contributed by atoms with E-state index in [0.29, 0.717) is 5.69 Å². The molecule has 0 radical (unpaired) electrons. The molecule has 1 saturated heterocycles. The fourth-order valence-corrected chi connectivity index (χ4v) is 3.33. The molecule has 1 N–H and O–H groups in total. The zero-order valence-corrected chi connectivity index (χ0v) is 15.0. The number of benzene rings is 1. The first kappa shape index (κ1) is 19.6. The lowest BCUT2D eigenvalue weighted by molar-refractivity contribution is -0.274. The van der Waals surface area contributed by atoms with Crippen molar-refractivity contribution in [1.29, 1.82) is 0 Å². The molecule has 1 unspecified atom stereocenters. The Morgan fingerprint density at radius 3 is 2.44 bits per heavy atom. The number of ether oxygens (including phenoxy) is 1. The van der Waals surface area contributed by atoms with Crippen molar-refractivity contribution < 1.29 is 22.3 Å². The average Bonchev–Trinajstić information content (AvgIpc) is 2.60. The topological polar surface area (TPSA) is 37.4 Å². The minimum absolute atomic E-state index is 0.171. The molecule has 1 aromatic heterocycles. The number of alkyl halides is 3. The van der Waals surface area contributed by atoms with Crippen molar-refractivity contribution in [3.8, 4) is 5.75 Å². The lowest BCUT2D eigenvalue weighted by Gasteiger charge is -2.42. The predicted molar refractivity (Wildman–Crippen MR) is 92.8 cm³/mol. The van der Waals surface area contributed by atoms with E-state index in [4.69, 9.17) is 0 Å². The van der Waals surface area contributed by atoms with E-state index < -0.39 is 6.36 Å². The maximum absolute atomic E-state index is 13.4. The van der Waals surface area contributed by atoms with Gasteiger partial charge in [-0.15, -0.1) is 13.2 Å². The zero-order valence-electron chi connectivity index (χ0n) is 15.0. The molecule has 1 aromatic carbocycles. The summed E-state index contributed by atoms with van der Waals surface area (Å²) in [5, 5.41) is 3.40. The number of nitrogens with one attached hydrogen (secondary N) is 1. The van der Waals surface area contributed by atoms with Gasteiger partial charge in [-0.2, -0.15) is 0 Å². The minimum Gasteiger partial charge on any atom is -0.404 e. The van der Waals surface area contributed by atoms with E-state index in [-0.39, 0.29) is 29.7 Å². The fourth-order valence-electron chi connectivity index (χ4n) is 3.33. The Bertz CT molecular complexity index is 749. The number of hydrogen-bond acceptors (Lipinski definition) is 4. The lowest BCUT2D eigenvalue weighted by Crippen LogP contribution is -2.55. The molecule has 146 valence electrons. The highest BCUT2D eigenvalue weighted by Crippen LogP contribution is 2.32. The lowest BCUT2D eigenvalue weighted by atomic mass is 9.97. The van der Waals surface area contributed by atoms with Crippen LogP contribution in [0.2, 0.25) is 0 Å². The number of pyridine rings is 1. The third-order valence-electron chi connectivity index (χ3n) is 4.60. The molecule has 0 spiro atoms. The van der Waals surface area contributed by atoms with Gasteiger partial charge in [0.25, 0.3) is 0 Å². The van der Waals surface area contributed by atoms with Crippen molar-refractivity contribution in [2.24, 2.45) is 0 Å². The molecule has 3 atom stereocenters. The molecular weight excluding hydrogens is 362 g/mol. The highest BCUT2D eigenvalue weighted by molar-refractivity contribution is 5.31. The summed E-state index contributed by atoms with van der Waals surface area (Å²) in [7, 11) is 0. The van der Waals surface area contributed by atoms with Gasteiger partial charge in [-0.3, -0.25) is 9.88 Å². The standard InChI is InChI=1S/C19H21F4N3O/c1-12-11-26(13(2)9-24-12)18(14-3-5-15(20)6-4-14)17-8-7-16(10-25-17)27-19(21,22)23/h3-8,10,12-13,18,24H,9,11H2,1-2H3/t12-,13+,18?/m0/s1. The van der Waals surface area contributed by atoms with E-state index in [2.05, 4.69) is 33.8 Å². The van der Waals surface area contributed by atoms with E-state index in [9.17, 15) is 17.6 Å². The molecule has 1 aliphatic rings. The first-order valence-corrected chi connectivity index (χ1v) is 8.69. The van der Waals surface area contributed by atoms with Crippen LogP contribution in [-0.2, 0) is 0 Å². The number of nitrogens with zero attached hydrogens (tertiary/aromatic N) is 2.